The fraction of sp³-hybridized carbons (Fsp3) is 0.429. The van der Waals surface area contributed by atoms with Crippen LogP contribution in [0.4, 0.5) is 19.0 Å². The Morgan fingerprint density at radius 2 is 2.00 bits per heavy atom. The second kappa shape index (κ2) is 5.05. The summed E-state index contributed by atoms with van der Waals surface area (Å²) in [5, 5.41) is 3.03. The number of aromatic amines is 1. The molecule has 1 fully saturated rings. The fourth-order valence-electron chi connectivity index (χ4n) is 2.66. The van der Waals surface area contributed by atoms with Gasteiger partial charge in [0.2, 0.25) is 5.91 Å². The summed E-state index contributed by atoms with van der Waals surface area (Å²) in [5.74, 6) is 0.147. The summed E-state index contributed by atoms with van der Waals surface area (Å²) in [6, 6.07) is 2.43. The molecular weight excluding hydrogens is 283 g/mol. The van der Waals surface area contributed by atoms with Gasteiger partial charge in [0, 0.05) is 23.6 Å². The number of hydrogen-bond acceptors (Lipinski definition) is 2. The van der Waals surface area contributed by atoms with Crippen molar-refractivity contribution < 1.29 is 18.0 Å². The number of rotatable bonds is 2. The largest absolute Gasteiger partial charge is 0.431 e. The van der Waals surface area contributed by atoms with Crippen molar-refractivity contribution in [2.45, 2.75) is 31.9 Å². The highest BCUT2D eigenvalue weighted by molar-refractivity contribution is 5.93. The van der Waals surface area contributed by atoms with E-state index in [1.807, 2.05) is 0 Å². The van der Waals surface area contributed by atoms with Crippen LogP contribution in [-0.4, -0.2) is 15.9 Å². The first-order valence-corrected chi connectivity index (χ1v) is 6.80. The number of H-pyrrole nitrogens is 1. The molecule has 4 nitrogen and oxygen atoms in total. The molecule has 0 bridgehead atoms. The lowest BCUT2D eigenvalue weighted by Gasteiger charge is -2.09. The molecule has 0 spiro atoms. The molecule has 7 heteroatoms. The van der Waals surface area contributed by atoms with Crippen molar-refractivity contribution in [3.8, 4) is 0 Å². The van der Waals surface area contributed by atoms with Gasteiger partial charge in [-0.15, -0.1) is 0 Å². The second-order valence-electron chi connectivity index (χ2n) is 5.31. The van der Waals surface area contributed by atoms with Crippen LogP contribution < -0.4 is 5.32 Å². The molecule has 112 valence electrons. The van der Waals surface area contributed by atoms with Crippen molar-refractivity contribution in [3.63, 3.8) is 0 Å². The number of hydrogen-bond donors (Lipinski definition) is 2. The van der Waals surface area contributed by atoms with Gasteiger partial charge >= 0.3 is 6.18 Å². The average Bonchev–Trinajstić information content (AvgIpc) is 3.06. The molecule has 0 unspecified atom stereocenters. The number of nitrogens with zero attached hydrogens (tertiary/aromatic N) is 1. The van der Waals surface area contributed by atoms with E-state index >= 15 is 0 Å². The van der Waals surface area contributed by atoms with Crippen molar-refractivity contribution in [3.05, 3.63) is 24.0 Å². The number of aromatic nitrogens is 2. The third-order valence-corrected chi connectivity index (χ3v) is 3.79. The lowest BCUT2D eigenvalue weighted by molar-refractivity contribution is -0.140. The van der Waals surface area contributed by atoms with Gasteiger partial charge in [0.1, 0.15) is 11.5 Å². The Kier molecular flexibility index (Phi) is 3.35. The zero-order valence-corrected chi connectivity index (χ0v) is 11.1. The Morgan fingerprint density at radius 1 is 1.29 bits per heavy atom. The van der Waals surface area contributed by atoms with Gasteiger partial charge in [-0.1, -0.05) is 12.8 Å². The maximum absolute atomic E-state index is 12.6. The molecule has 2 N–H and O–H groups in total. The van der Waals surface area contributed by atoms with Crippen LogP contribution in [0.2, 0.25) is 0 Å². The molecule has 1 amide bonds. The quantitative estimate of drug-likeness (QED) is 0.887. The number of nitrogens with one attached hydrogen (secondary N) is 2. The summed E-state index contributed by atoms with van der Waals surface area (Å²) in [4.78, 5) is 18.3. The topological polar surface area (TPSA) is 57.8 Å². The van der Waals surface area contributed by atoms with Crippen molar-refractivity contribution in [1.29, 1.82) is 0 Å². The van der Waals surface area contributed by atoms with Crippen molar-refractivity contribution in [1.82, 2.24) is 9.97 Å². The predicted octanol–water partition coefficient (Wildman–Crippen LogP) is 3.71. The molecule has 1 saturated carbocycles. The molecule has 0 radical (unpaired) electrons. The molecule has 1 aliphatic rings. The minimum absolute atomic E-state index is 0.0168. The van der Waals surface area contributed by atoms with Crippen LogP contribution in [0.15, 0.2) is 18.3 Å². The van der Waals surface area contributed by atoms with Gasteiger partial charge < -0.3 is 10.3 Å². The second-order valence-corrected chi connectivity index (χ2v) is 5.31. The van der Waals surface area contributed by atoms with Gasteiger partial charge in [0.25, 0.3) is 0 Å². The van der Waals surface area contributed by atoms with E-state index in [-0.39, 0.29) is 17.6 Å². The predicted molar refractivity (Wildman–Crippen MR) is 71.7 cm³/mol. The molecule has 2 heterocycles. The fourth-order valence-corrected chi connectivity index (χ4v) is 2.66. The molecule has 0 aromatic carbocycles. The highest BCUT2D eigenvalue weighted by atomic mass is 19.4. The van der Waals surface area contributed by atoms with Crippen LogP contribution in [0.5, 0.6) is 0 Å². The van der Waals surface area contributed by atoms with Crippen LogP contribution >= 0.6 is 0 Å². The third kappa shape index (κ3) is 2.86. The van der Waals surface area contributed by atoms with Crippen LogP contribution in [0.25, 0.3) is 10.9 Å². The van der Waals surface area contributed by atoms with E-state index in [4.69, 9.17) is 0 Å². The highest BCUT2D eigenvalue weighted by Gasteiger charge is 2.32. The van der Waals surface area contributed by atoms with E-state index in [1.54, 1.807) is 0 Å². The molecular formula is C14H14F3N3O. The average molecular weight is 297 g/mol. The highest BCUT2D eigenvalue weighted by Crippen LogP contribution is 2.31. The van der Waals surface area contributed by atoms with E-state index in [0.29, 0.717) is 10.9 Å². The number of anilines is 1. The molecule has 2 aromatic rings. The van der Waals surface area contributed by atoms with E-state index in [0.717, 1.165) is 31.7 Å². The monoisotopic (exact) mass is 297 g/mol. The molecule has 0 atom stereocenters. The van der Waals surface area contributed by atoms with Gasteiger partial charge in [-0.25, -0.2) is 4.98 Å². The van der Waals surface area contributed by atoms with E-state index in [9.17, 15) is 18.0 Å². The molecule has 3 rings (SSSR count). The zero-order chi connectivity index (χ0) is 15.0. The minimum Gasteiger partial charge on any atom is -0.351 e. The van der Waals surface area contributed by atoms with E-state index in [2.05, 4.69) is 15.3 Å². The molecule has 21 heavy (non-hydrogen) atoms. The summed E-state index contributed by atoms with van der Waals surface area (Å²) in [7, 11) is 0. The number of halogens is 3. The number of alkyl halides is 3. The summed E-state index contributed by atoms with van der Waals surface area (Å²) in [6.45, 7) is 0. The molecule has 1 aliphatic carbocycles. The van der Waals surface area contributed by atoms with Gasteiger partial charge in [0.15, 0.2) is 0 Å². The number of pyridine rings is 1. The SMILES string of the molecule is O=C(Nc1cc2[nH]c(C(F)(F)F)cc2cn1)C1CCCC1. The lowest BCUT2D eigenvalue weighted by Crippen LogP contribution is -2.20. The molecule has 0 saturated heterocycles. The van der Waals surface area contributed by atoms with E-state index < -0.39 is 11.9 Å². The third-order valence-electron chi connectivity index (χ3n) is 3.79. The first kappa shape index (κ1) is 13.9. The Hall–Kier alpha value is -2.05. The Balaban J connectivity index is 1.82. The summed E-state index contributed by atoms with van der Waals surface area (Å²) in [6.07, 6.45) is 0.688. The van der Waals surface area contributed by atoms with E-state index in [1.165, 1.54) is 12.3 Å². The number of fused-ring (bicyclic) bond motifs is 1. The summed E-state index contributed by atoms with van der Waals surface area (Å²) < 4.78 is 37.9. The molecule has 0 aliphatic heterocycles. The van der Waals surface area contributed by atoms with Gasteiger partial charge in [0.05, 0.1) is 5.52 Å². The van der Waals surface area contributed by atoms with Crippen molar-refractivity contribution in [2.24, 2.45) is 5.92 Å². The standard InChI is InChI=1S/C14H14F3N3O/c15-14(16,17)11-5-9-7-18-12(6-10(9)19-11)20-13(21)8-3-1-2-4-8/h5-8,19H,1-4H2,(H,18,20,21). The normalized spacial score (nSPS) is 16.5. The van der Waals surface area contributed by atoms with Gasteiger partial charge in [-0.3, -0.25) is 4.79 Å². The molecule has 2 aromatic heterocycles. The van der Waals surface area contributed by atoms with Crippen molar-refractivity contribution in [2.75, 3.05) is 5.32 Å². The van der Waals surface area contributed by atoms with Gasteiger partial charge in [-0.05, 0) is 18.9 Å². The number of amides is 1. The Labute approximate surface area is 118 Å². The first-order valence-electron chi connectivity index (χ1n) is 6.80. The van der Waals surface area contributed by atoms with Crippen molar-refractivity contribution >= 4 is 22.6 Å². The maximum Gasteiger partial charge on any atom is 0.431 e. The first-order chi connectivity index (χ1) is 9.93. The Morgan fingerprint density at radius 3 is 2.67 bits per heavy atom. The summed E-state index contributed by atoms with van der Waals surface area (Å²) in [5.41, 5.74) is -0.516. The smallest absolute Gasteiger partial charge is 0.351 e. The van der Waals surface area contributed by atoms with Crippen LogP contribution in [0.1, 0.15) is 31.4 Å². The Bertz CT molecular complexity index is 672. The summed E-state index contributed by atoms with van der Waals surface area (Å²) >= 11 is 0. The number of carbonyl (C=O) groups is 1. The maximum atomic E-state index is 12.6. The van der Waals surface area contributed by atoms with Gasteiger partial charge in [-0.2, -0.15) is 13.2 Å². The van der Waals surface area contributed by atoms with Crippen LogP contribution in [-0.2, 0) is 11.0 Å². The minimum atomic E-state index is -4.42. The number of carbonyl (C=O) groups excluding carboxylic acids is 1. The zero-order valence-electron chi connectivity index (χ0n) is 11.1. The lowest BCUT2D eigenvalue weighted by atomic mass is 10.1. The van der Waals surface area contributed by atoms with Crippen LogP contribution in [0.3, 0.4) is 0 Å². The van der Waals surface area contributed by atoms with Crippen LogP contribution in [0, 0.1) is 5.92 Å².